The summed E-state index contributed by atoms with van der Waals surface area (Å²) < 4.78 is 28.3. The standard InChI is InChI=1S/C22H25N3O6S/c1-14(2)20(24-21(27)15-6-4-3-5-7-15)22(28)31-13-19(26)25-11-10-16-12-17(32(23,29)30)8-9-18(16)25/h3-9,12,14,20H,10-11,13H2,1-2H3,(H,24,27)(H2,23,29,30)/t20-/m0/s1. The van der Waals surface area contributed by atoms with Crippen molar-refractivity contribution in [1.29, 1.82) is 0 Å². The van der Waals surface area contributed by atoms with E-state index in [1.807, 2.05) is 0 Å². The van der Waals surface area contributed by atoms with Crippen molar-refractivity contribution in [3.05, 3.63) is 59.7 Å². The Kier molecular flexibility index (Phi) is 6.95. The zero-order valence-corrected chi connectivity index (χ0v) is 18.6. The number of nitrogens with two attached hydrogens (primary N) is 1. The monoisotopic (exact) mass is 459 g/mol. The second kappa shape index (κ2) is 9.49. The van der Waals surface area contributed by atoms with Crippen LogP contribution in [0.1, 0.15) is 29.8 Å². The van der Waals surface area contributed by atoms with E-state index in [0.29, 0.717) is 29.8 Å². The Morgan fingerprint density at radius 3 is 2.44 bits per heavy atom. The molecule has 0 saturated carbocycles. The Bertz CT molecular complexity index is 1130. The molecule has 0 unspecified atom stereocenters. The van der Waals surface area contributed by atoms with E-state index < -0.39 is 40.5 Å². The minimum atomic E-state index is -3.84. The van der Waals surface area contributed by atoms with Crippen LogP contribution in [0.15, 0.2) is 53.4 Å². The smallest absolute Gasteiger partial charge is 0.329 e. The van der Waals surface area contributed by atoms with Gasteiger partial charge in [0.2, 0.25) is 10.0 Å². The lowest BCUT2D eigenvalue weighted by atomic mass is 10.0. The predicted molar refractivity (Wildman–Crippen MR) is 117 cm³/mol. The summed E-state index contributed by atoms with van der Waals surface area (Å²) in [5.74, 6) is -1.82. The van der Waals surface area contributed by atoms with Crippen LogP contribution in [0.25, 0.3) is 0 Å². The molecule has 170 valence electrons. The SMILES string of the molecule is CC(C)[C@H](NC(=O)c1ccccc1)C(=O)OCC(=O)N1CCc2cc(S(N)(=O)=O)ccc21. The molecule has 1 heterocycles. The van der Waals surface area contributed by atoms with E-state index >= 15 is 0 Å². The third kappa shape index (κ3) is 5.32. The van der Waals surface area contributed by atoms with Crippen LogP contribution in [0.3, 0.4) is 0 Å². The van der Waals surface area contributed by atoms with Gasteiger partial charge in [0, 0.05) is 17.8 Å². The average molecular weight is 460 g/mol. The minimum Gasteiger partial charge on any atom is -0.454 e. The van der Waals surface area contributed by atoms with Crippen molar-refractivity contribution < 1.29 is 27.5 Å². The maximum absolute atomic E-state index is 12.6. The molecule has 1 atom stereocenters. The highest BCUT2D eigenvalue weighted by molar-refractivity contribution is 7.89. The van der Waals surface area contributed by atoms with Gasteiger partial charge in [-0.3, -0.25) is 9.59 Å². The largest absolute Gasteiger partial charge is 0.454 e. The summed E-state index contributed by atoms with van der Waals surface area (Å²) >= 11 is 0. The van der Waals surface area contributed by atoms with Gasteiger partial charge in [0.25, 0.3) is 11.8 Å². The number of hydrogen-bond acceptors (Lipinski definition) is 6. The number of amides is 2. The summed E-state index contributed by atoms with van der Waals surface area (Å²) in [5.41, 5.74) is 1.64. The molecular weight excluding hydrogens is 434 g/mol. The number of sulfonamides is 1. The van der Waals surface area contributed by atoms with Crippen LogP contribution in [0.4, 0.5) is 5.69 Å². The number of carbonyl (C=O) groups is 3. The fourth-order valence-electron chi connectivity index (χ4n) is 3.43. The van der Waals surface area contributed by atoms with E-state index in [1.54, 1.807) is 44.2 Å². The molecule has 3 N–H and O–H groups in total. The number of primary sulfonamides is 1. The first kappa shape index (κ1) is 23.4. The number of benzene rings is 2. The van der Waals surface area contributed by atoms with Crippen LogP contribution in [0, 0.1) is 5.92 Å². The molecule has 2 aromatic rings. The molecule has 2 aromatic carbocycles. The van der Waals surface area contributed by atoms with Gasteiger partial charge in [-0.05, 0) is 48.2 Å². The zero-order valence-electron chi connectivity index (χ0n) is 17.8. The van der Waals surface area contributed by atoms with E-state index in [9.17, 15) is 22.8 Å². The van der Waals surface area contributed by atoms with Crippen LogP contribution < -0.4 is 15.4 Å². The molecule has 0 spiro atoms. The number of ether oxygens (including phenoxy) is 1. The summed E-state index contributed by atoms with van der Waals surface area (Å²) in [7, 11) is -3.84. The van der Waals surface area contributed by atoms with Gasteiger partial charge < -0.3 is 15.0 Å². The van der Waals surface area contributed by atoms with Gasteiger partial charge in [-0.15, -0.1) is 0 Å². The quantitative estimate of drug-likeness (QED) is 0.598. The molecular formula is C22H25N3O6S. The highest BCUT2D eigenvalue weighted by Crippen LogP contribution is 2.30. The number of anilines is 1. The maximum atomic E-state index is 12.6. The van der Waals surface area contributed by atoms with Gasteiger partial charge in [-0.25, -0.2) is 18.4 Å². The van der Waals surface area contributed by atoms with E-state index in [-0.39, 0.29) is 10.8 Å². The van der Waals surface area contributed by atoms with Crippen molar-refractivity contribution in [2.24, 2.45) is 11.1 Å². The number of carbonyl (C=O) groups excluding carboxylic acids is 3. The van der Waals surface area contributed by atoms with E-state index in [2.05, 4.69) is 5.32 Å². The van der Waals surface area contributed by atoms with Crippen molar-refractivity contribution in [3.63, 3.8) is 0 Å². The van der Waals surface area contributed by atoms with Crippen molar-refractivity contribution >= 4 is 33.5 Å². The van der Waals surface area contributed by atoms with E-state index in [1.165, 1.54) is 23.1 Å². The molecule has 1 aliphatic rings. The molecule has 2 amide bonds. The highest BCUT2D eigenvalue weighted by Gasteiger charge is 2.30. The molecule has 3 rings (SSSR count). The highest BCUT2D eigenvalue weighted by atomic mass is 32.2. The normalized spacial score (nSPS) is 14.1. The second-order valence-electron chi connectivity index (χ2n) is 7.80. The number of nitrogens with one attached hydrogen (secondary N) is 1. The number of fused-ring (bicyclic) bond motifs is 1. The predicted octanol–water partition coefficient (Wildman–Crippen LogP) is 1.22. The van der Waals surface area contributed by atoms with Gasteiger partial charge in [0.05, 0.1) is 4.90 Å². The Morgan fingerprint density at radius 1 is 1.12 bits per heavy atom. The van der Waals surface area contributed by atoms with Crippen LogP contribution in [0.5, 0.6) is 0 Å². The van der Waals surface area contributed by atoms with Gasteiger partial charge in [0.15, 0.2) is 6.61 Å². The molecule has 0 aliphatic carbocycles. The van der Waals surface area contributed by atoms with Gasteiger partial charge >= 0.3 is 5.97 Å². The van der Waals surface area contributed by atoms with Crippen molar-refractivity contribution in [2.45, 2.75) is 31.2 Å². The third-order valence-corrected chi connectivity index (χ3v) is 6.07. The van der Waals surface area contributed by atoms with E-state index in [0.717, 1.165) is 0 Å². The van der Waals surface area contributed by atoms with Crippen LogP contribution in [-0.4, -0.2) is 45.4 Å². The number of rotatable bonds is 7. The Balaban J connectivity index is 1.63. The van der Waals surface area contributed by atoms with Gasteiger partial charge in [-0.2, -0.15) is 0 Å². The Labute approximate surface area is 186 Å². The average Bonchev–Trinajstić information content (AvgIpc) is 3.18. The lowest BCUT2D eigenvalue weighted by Gasteiger charge is -2.22. The molecule has 0 aromatic heterocycles. The topological polar surface area (TPSA) is 136 Å². The summed E-state index contributed by atoms with van der Waals surface area (Å²) in [4.78, 5) is 39.0. The zero-order chi connectivity index (χ0) is 23.5. The molecule has 9 nitrogen and oxygen atoms in total. The Morgan fingerprint density at radius 2 is 1.81 bits per heavy atom. The van der Waals surface area contributed by atoms with E-state index in [4.69, 9.17) is 9.88 Å². The lowest BCUT2D eigenvalue weighted by Crippen LogP contribution is -2.46. The van der Waals surface area contributed by atoms with Crippen LogP contribution in [-0.2, 0) is 30.8 Å². The number of nitrogens with zero attached hydrogens (tertiary/aromatic N) is 1. The number of esters is 1. The molecule has 0 radical (unpaired) electrons. The molecule has 0 fully saturated rings. The molecule has 32 heavy (non-hydrogen) atoms. The van der Waals surface area contributed by atoms with Crippen molar-refractivity contribution in [3.8, 4) is 0 Å². The lowest BCUT2D eigenvalue weighted by molar-refractivity contribution is -0.150. The second-order valence-corrected chi connectivity index (χ2v) is 9.36. The summed E-state index contributed by atoms with van der Waals surface area (Å²) in [6.07, 6.45) is 0.458. The van der Waals surface area contributed by atoms with Crippen LogP contribution >= 0.6 is 0 Å². The van der Waals surface area contributed by atoms with Crippen LogP contribution in [0.2, 0.25) is 0 Å². The first-order chi connectivity index (χ1) is 15.1. The first-order valence-electron chi connectivity index (χ1n) is 10.1. The third-order valence-electron chi connectivity index (χ3n) is 5.16. The van der Waals surface area contributed by atoms with Gasteiger partial charge in [-0.1, -0.05) is 32.0 Å². The first-order valence-corrected chi connectivity index (χ1v) is 11.6. The molecule has 0 saturated heterocycles. The summed E-state index contributed by atoms with van der Waals surface area (Å²) in [6.45, 7) is 3.36. The van der Waals surface area contributed by atoms with Crippen molar-refractivity contribution in [2.75, 3.05) is 18.1 Å². The minimum absolute atomic E-state index is 0.0223. The molecule has 1 aliphatic heterocycles. The van der Waals surface area contributed by atoms with Gasteiger partial charge in [0.1, 0.15) is 6.04 Å². The number of hydrogen-bond donors (Lipinski definition) is 2. The Hall–Kier alpha value is -3.24. The molecule has 0 bridgehead atoms. The maximum Gasteiger partial charge on any atom is 0.329 e. The fraction of sp³-hybridized carbons (Fsp3) is 0.318. The molecule has 10 heteroatoms. The van der Waals surface area contributed by atoms with Crippen molar-refractivity contribution in [1.82, 2.24) is 5.32 Å². The fourth-order valence-corrected chi connectivity index (χ4v) is 3.99. The summed E-state index contributed by atoms with van der Waals surface area (Å²) in [6, 6.07) is 11.9. The summed E-state index contributed by atoms with van der Waals surface area (Å²) in [5, 5.41) is 7.81.